The summed E-state index contributed by atoms with van der Waals surface area (Å²) in [5.41, 5.74) is 3.02. The largest absolute Gasteiger partial charge is 0.497 e. The first-order valence-electron chi connectivity index (χ1n) is 9.84. The zero-order valence-corrected chi connectivity index (χ0v) is 17.9. The number of aromatic nitrogens is 2. The van der Waals surface area contributed by atoms with Gasteiger partial charge in [-0.3, -0.25) is 4.68 Å². The van der Waals surface area contributed by atoms with E-state index in [0.717, 1.165) is 16.7 Å². The molecule has 1 N–H and O–H groups in total. The summed E-state index contributed by atoms with van der Waals surface area (Å²) in [6.45, 7) is 0.629. The fourth-order valence-corrected chi connectivity index (χ4v) is 4.47. The van der Waals surface area contributed by atoms with Gasteiger partial charge in [-0.25, -0.2) is 13.1 Å². The summed E-state index contributed by atoms with van der Waals surface area (Å²) >= 11 is 0. The van der Waals surface area contributed by atoms with Crippen LogP contribution in [-0.4, -0.2) is 25.3 Å². The molecule has 0 saturated heterocycles. The molecule has 0 radical (unpaired) electrons. The van der Waals surface area contributed by atoms with Gasteiger partial charge in [0.25, 0.3) is 0 Å². The maximum Gasteiger partial charge on any atom is 0.244 e. The molecule has 6 nitrogen and oxygen atoms in total. The summed E-state index contributed by atoms with van der Waals surface area (Å²) in [7, 11) is -2.22. The number of rotatable bonds is 8. The predicted octanol–water partition coefficient (Wildman–Crippen LogP) is 4.09. The van der Waals surface area contributed by atoms with Crippen LogP contribution >= 0.6 is 0 Å². The highest BCUT2D eigenvalue weighted by Gasteiger charge is 2.23. The van der Waals surface area contributed by atoms with Gasteiger partial charge in [0.15, 0.2) is 0 Å². The average Bonchev–Trinajstić information content (AvgIpc) is 3.24. The molecule has 0 unspecified atom stereocenters. The van der Waals surface area contributed by atoms with Gasteiger partial charge in [0.1, 0.15) is 16.3 Å². The number of nitrogens with one attached hydrogen (secondary N) is 1. The van der Waals surface area contributed by atoms with Crippen molar-refractivity contribution in [1.29, 1.82) is 0 Å². The Bertz CT molecular complexity index is 1250. The first kappa shape index (κ1) is 20.8. The number of benzene rings is 3. The number of sulfonamides is 1. The van der Waals surface area contributed by atoms with E-state index in [1.54, 1.807) is 24.1 Å². The Balaban J connectivity index is 1.66. The molecule has 0 aliphatic heterocycles. The van der Waals surface area contributed by atoms with Crippen molar-refractivity contribution >= 4 is 10.0 Å². The number of nitrogens with zero attached hydrogens (tertiary/aromatic N) is 2. The summed E-state index contributed by atoms with van der Waals surface area (Å²) in [6, 6.07) is 26.5. The molecule has 1 aromatic heterocycles. The van der Waals surface area contributed by atoms with Crippen LogP contribution in [0.1, 0.15) is 11.1 Å². The molecule has 31 heavy (non-hydrogen) atoms. The summed E-state index contributed by atoms with van der Waals surface area (Å²) in [5.74, 6) is 0.678. The summed E-state index contributed by atoms with van der Waals surface area (Å²) in [5, 5.41) is 4.60. The molecule has 4 aromatic rings. The molecule has 0 aliphatic rings. The summed E-state index contributed by atoms with van der Waals surface area (Å²) in [4.78, 5) is 0.150. The molecule has 4 rings (SSSR count). The second-order valence-corrected chi connectivity index (χ2v) is 8.80. The lowest BCUT2D eigenvalue weighted by Gasteiger charge is -2.08. The summed E-state index contributed by atoms with van der Waals surface area (Å²) < 4.78 is 36.0. The number of hydrogen-bond acceptors (Lipinski definition) is 4. The second-order valence-electron chi connectivity index (χ2n) is 7.07. The van der Waals surface area contributed by atoms with Crippen molar-refractivity contribution in [2.75, 3.05) is 7.11 Å². The van der Waals surface area contributed by atoms with Gasteiger partial charge >= 0.3 is 0 Å². The van der Waals surface area contributed by atoms with E-state index >= 15 is 0 Å². The Morgan fingerprint density at radius 3 is 2.29 bits per heavy atom. The highest BCUT2D eigenvalue weighted by Crippen LogP contribution is 2.26. The van der Waals surface area contributed by atoms with Crippen LogP contribution < -0.4 is 9.46 Å². The lowest BCUT2D eigenvalue weighted by Crippen LogP contribution is -2.23. The maximum atomic E-state index is 13.2. The van der Waals surface area contributed by atoms with Gasteiger partial charge in [-0.05, 0) is 23.3 Å². The lowest BCUT2D eigenvalue weighted by molar-refractivity contribution is 0.414. The van der Waals surface area contributed by atoms with E-state index in [2.05, 4.69) is 9.82 Å². The van der Waals surface area contributed by atoms with Gasteiger partial charge < -0.3 is 4.74 Å². The van der Waals surface area contributed by atoms with Crippen LogP contribution in [0, 0.1) is 0 Å². The van der Waals surface area contributed by atoms with E-state index in [4.69, 9.17) is 4.74 Å². The quantitative estimate of drug-likeness (QED) is 0.454. The van der Waals surface area contributed by atoms with Gasteiger partial charge in [0, 0.05) is 18.3 Å². The van der Waals surface area contributed by atoms with Crippen molar-refractivity contribution in [2.24, 2.45) is 0 Å². The van der Waals surface area contributed by atoms with Gasteiger partial charge in [0.05, 0.1) is 13.7 Å². The van der Waals surface area contributed by atoms with Crippen molar-refractivity contribution in [3.8, 4) is 17.0 Å². The first-order valence-corrected chi connectivity index (χ1v) is 11.3. The minimum Gasteiger partial charge on any atom is -0.497 e. The maximum absolute atomic E-state index is 13.2. The smallest absolute Gasteiger partial charge is 0.244 e. The normalized spacial score (nSPS) is 11.4. The van der Waals surface area contributed by atoms with E-state index in [-0.39, 0.29) is 11.4 Å². The van der Waals surface area contributed by atoms with Crippen molar-refractivity contribution in [2.45, 2.75) is 18.0 Å². The fraction of sp³-hybridized carbons (Fsp3) is 0.125. The highest BCUT2D eigenvalue weighted by molar-refractivity contribution is 7.89. The van der Waals surface area contributed by atoms with Crippen molar-refractivity contribution in [1.82, 2.24) is 14.5 Å². The van der Waals surface area contributed by atoms with E-state index in [0.29, 0.717) is 18.0 Å². The molecular formula is C24H23N3O3S. The van der Waals surface area contributed by atoms with Gasteiger partial charge in [-0.2, -0.15) is 5.10 Å². The van der Waals surface area contributed by atoms with Crippen LogP contribution in [0.25, 0.3) is 11.3 Å². The molecule has 0 fully saturated rings. The first-order chi connectivity index (χ1) is 15.0. The fourth-order valence-electron chi connectivity index (χ4n) is 3.29. The molecule has 1 heterocycles. The van der Waals surface area contributed by atoms with Gasteiger partial charge in [0.2, 0.25) is 10.0 Å². The Kier molecular flexibility index (Phi) is 6.16. The highest BCUT2D eigenvalue weighted by atomic mass is 32.2. The van der Waals surface area contributed by atoms with Crippen LogP contribution in [0.5, 0.6) is 5.75 Å². The Morgan fingerprint density at radius 1 is 0.903 bits per heavy atom. The zero-order chi connectivity index (χ0) is 21.7. The van der Waals surface area contributed by atoms with E-state index in [1.165, 1.54) is 0 Å². The number of hydrogen-bond donors (Lipinski definition) is 1. The van der Waals surface area contributed by atoms with Gasteiger partial charge in [-0.1, -0.05) is 72.8 Å². The third kappa shape index (κ3) is 5.02. The standard InChI is InChI=1S/C24H23N3O3S/c1-30-22-14-8-11-20(15-22)16-25-31(28,29)23-18-27(17-19-9-4-2-5-10-19)26-24(23)21-12-6-3-7-13-21/h2-15,18,25H,16-17H2,1H3. The molecule has 0 atom stereocenters. The van der Waals surface area contributed by atoms with Crippen molar-refractivity contribution in [3.63, 3.8) is 0 Å². The molecular weight excluding hydrogens is 410 g/mol. The van der Waals surface area contributed by atoms with E-state index in [9.17, 15) is 8.42 Å². The monoisotopic (exact) mass is 433 g/mol. The van der Waals surface area contributed by atoms with Gasteiger partial charge in [-0.15, -0.1) is 0 Å². The molecule has 0 bridgehead atoms. The number of ether oxygens (including phenoxy) is 1. The Hall–Kier alpha value is -3.42. The third-order valence-electron chi connectivity index (χ3n) is 4.85. The Labute approximate surface area is 182 Å². The van der Waals surface area contributed by atoms with Crippen LogP contribution in [0.4, 0.5) is 0 Å². The molecule has 0 spiro atoms. The van der Waals surface area contributed by atoms with Crippen molar-refractivity contribution in [3.05, 3.63) is 102 Å². The minimum absolute atomic E-state index is 0.150. The van der Waals surface area contributed by atoms with Crippen LogP contribution in [0.15, 0.2) is 96.0 Å². The average molecular weight is 434 g/mol. The molecule has 3 aromatic carbocycles. The molecule has 158 valence electrons. The van der Waals surface area contributed by atoms with E-state index < -0.39 is 10.0 Å². The van der Waals surface area contributed by atoms with E-state index in [1.807, 2.05) is 78.9 Å². The topological polar surface area (TPSA) is 73.2 Å². The molecule has 0 aliphatic carbocycles. The number of methoxy groups -OCH3 is 1. The zero-order valence-electron chi connectivity index (χ0n) is 17.1. The second kappa shape index (κ2) is 9.16. The third-order valence-corrected chi connectivity index (χ3v) is 6.25. The molecule has 7 heteroatoms. The Morgan fingerprint density at radius 2 is 1.58 bits per heavy atom. The van der Waals surface area contributed by atoms with Crippen molar-refractivity contribution < 1.29 is 13.2 Å². The van der Waals surface area contributed by atoms with Crippen LogP contribution in [-0.2, 0) is 23.1 Å². The molecule has 0 amide bonds. The van der Waals surface area contributed by atoms with Crippen LogP contribution in [0.2, 0.25) is 0 Å². The minimum atomic E-state index is -3.80. The SMILES string of the molecule is COc1cccc(CNS(=O)(=O)c2cn(Cc3ccccc3)nc2-c2ccccc2)c1. The molecule has 0 saturated carbocycles. The van der Waals surface area contributed by atoms with Crippen LogP contribution in [0.3, 0.4) is 0 Å². The predicted molar refractivity (Wildman–Crippen MR) is 120 cm³/mol. The summed E-state index contributed by atoms with van der Waals surface area (Å²) in [6.07, 6.45) is 1.59. The lowest BCUT2D eigenvalue weighted by atomic mass is 10.2.